The largest absolute Gasteiger partial charge is 0.350 e. The number of nitrogens with one attached hydrogen (secondary N) is 1. The Morgan fingerprint density at radius 1 is 0.885 bits per heavy atom. The second-order valence-corrected chi connectivity index (χ2v) is 6.18. The summed E-state index contributed by atoms with van der Waals surface area (Å²) in [5.41, 5.74) is 3.81. The van der Waals surface area contributed by atoms with Crippen LogP contribution in [0.5, 0.6) is 0 Å². The van der Waals surface area contributed by atoms with Gasteiger partial charge in [-0.05, 0) is 29.3 Å². The van der Waals surface area contributed by atoms with Gasteiger partial charge in [-0.2, -0.15) is 5.10 Å². The summed E-state index contributed by atoms with van der Waals surface area (Å²) in [6.07, 6.45) is 1.90. The smallest absolute Gasteiger partial charge is 0.232 e. The fourth-order valence-electron chi connectivity index (χ4n) is 3.14. The molecule has 2 aromatic heterocycles. The van der Waals surface area contributed by atoms with Crippen LogP contribution in [-0.2, 0) is 11.3 Å². The van der Waals surface area contributed by atoms with Crippen molar-refractivity contribution in [2.75, 3.05) is 0 Å². The summed E-state index contributed by atoms with van der Waals surface area (Å²) in [4.78, 5) is 13.0. The van der Waals surface area contributed by atoms with E-state index < -0.39 is 0 Å². The minimum atomic E-state index is -0.338. The Morgan fingerprint density at radius 3 is 2.12 bits per heavy atom. The van der Waals surface area contributed by atoms with Gasteiger partial charge in [0.25, 0.3) is 0 Å². The van der Waals surface area contributed by atoms with Crippen molar-refractivity contribution < 1.29 is 4.79 Å². The van der Waals surface area contributed by atoms with Gasteiger partial charge in [-0.25, -0.2) is 4.52 Å². The van der Waals surface area contributed by atoms with Gasteiger partial charge < -0.3 is 5.32 Å². The first-order valence-corrected chi connectivity index (χ1v) is 8.62. The standard InChI is InChI=1S/C22H19N3O/c26-22(23-16-19-15-20-13-7-8-14-25(20)24-19)21(17-9-3-1-4-10-17)18-11-5-2-6-12-18/h1-15,21H,16H2,(H,23,26). The average Bonchev–Trinajstić information content (AvgIpc) is 3.11. The molecule has 0 radical (unpaired) electrons. The van der Waals surface area contributed by atoms with E-state index in [0.29, 0.717) is 6.54 Å². The normalized spacial score (nSPS) is 11.0. The zero-order valence-corrected chi connectivity index (χ0v) is 14.2. The van der Waals surface area contributed by atoms with Gasteiger partial charge in [-0.3, -0.25) is 4.79 Å². The van der Waals surface area contributed by atoms with Crippen LogP contribution >= 0.6 is 0 Å². The molecule has 0 unspecified atom stereocenters. The van der Waals surface area contributed by atoms with Gasteiger partial charge >= 0.3 is 0 Å². The Kier molecular flexibility index (Phi) is 4.48. The van der Waals surface area contributed by atoms with E-state index in [4.69, 9.17) is 0 Å². The van der Waals surface area contributed by atoms with Crippen LogP contribution in [0.15, 0.2) is 91.1 Å². The first kappa shape index (κ1) is 16.1. The van der Waals surface area contributed by atoms with E-state index in [1.165, 1.54) is 0 Å². The number of hydrogen-bond donors (Lipinski definition) is 1. The Morgan fingerprint density at radius 2 is 1.50 bits per heavy atom. The quantitative estimate of drug-likeness (QED) is 0.600. The van der Waals surface area contributed by atoms with Crippen molar-refractivity contribution in [1.82, 2.24) is 14.9 Å². The number of pyridine rings is 1. The minimum Gasteiger partial charge on any atom is -0.350 e. The molecule has 0 spiro atoms. The van der Waals surface area contributed by atoms with E-state index in [-0.39, 0.29) is 11.8 Å². The number of amides is 1. The molecule has 0 atom stereocenters. The topological polar surface area (TPSA) is 46.4 Å². The maximum Gasteiger partial charge on any atom is 0.232 e. The molecule has 2 heterocycles. The van der Waals surface area contributed by atoms with Crippen LogP contribution < -0.4 is 5.32 Å². The van der Waals surface area contributed by atoms with Crippen molar-refractivity contribution in [2.24, 2.45) is 0 Å². The van der Waals surface area contributed by atoms with Gasteiger partial charge in [0.2, 0.25) is 5.91 Å². The lowest BCUT2D eigenvalue weighted by atomic mass is 9.90. The van der Waals surface area contributed by atoms with E-state index in [1.54, 1.807) is 0 Å². The van der Waals surface area contributed by atoms with Gasteiger partial charge in [0.1, 0.15) is 0 Å². The highest BCUT2D eigenvalue weighted by atomic mass is 16.1. The van der Waals surface area contributed by atoms with E-state index in [0.717, 1.165) is 22.3 Å². The van der Waals surface area contributed by atoms with E-state index in [2.05, 4.69) is 10.4 Å². The highest BCUT2D eigenvalue weighted by molar-refractivity contribution is 5.87. The van der Waals surface area contributed by atoms with Crippen LogP contribution in [0, 0.1) is 0 Å². The van der Waals surface area contributed by atoms with Crippen LogP contribution in [0.2, 0.25) is 0 Å². The van der Waals surface area contributed by atoms with Gasteiger partial charge in [0.05, 0.1) is 23.7 Å². The molecule has 26 heavy (non-hydrogen) atoms. The highest BCUT2D eigenvalue weighted by Gasteiger charge is 2.22. The van der Waals surface area contributed by atoms with Crippen molar-refractivity contribution in [3.05, 3.63) is 108 Å². The van der Waals surface area contributed by atoms with Crippen molar-refractivity contribution in [3.63, 3.8) is 0 Å². The minimum absolute atomic E-state index is 0.0283. The number of carbonyl (C=O) groups is 1. The summed E-state index contributed by atoms with van der Waals surface area (Å²) in [7, 11) is 0. The number of hydrogen-bond acceptors (Lipinski definition) is 2. The Bertz CT molecular complexity index is 937. The lowest BCUT2D eigenvalue weighted by molar-refractivity contribution is -0.121. The maximum absolute atomic E-state index is 13.0. The number of rotatable bonds is 5. The van der Waals surface area contributed by atoms with Crippen LogP contribution in [-0.4, -0.2) is 15.5 Å². The fraction of sp³-hybridized carbons (Fsp3) is 0.0909. The summed E-state index contributed by atoms with van der Waals surface area (Å²) >= 11 is 0. The summed E-state index contributed by atoms with van der Waals surface area (Å²) in [6, 6.07) is 27.6. The second-order valence-electron chi connectivity index (χ2n) is 6.18. The molecule has 1 amide bonds. The maximum atomic E-state index is 13.0. The van der Waals surface area contributed by atoms with Crippen molar-refractivity contribution in [3.8, 4) is 0 Å². The van der Waals surface area contributed by atoms with Crippen LogP contribution in [0.3, 0.4) is 0 Å². The molecule has 0 bridgehead atoms. The molecule has 4 nitrogen and oxygen atoms in total. The molecule has 4 rings (SSSR count). The van der Waals surface area contributed by atoms with Gasteiger partial charge in [-0.1, -0.05) is 66.7 Å². The monoisotopic (exact) mass is 341 g/mol. The number of nitrogens with zero attached hydrogens (tertiary/aromatic N) is 2. The average molecular weight is 341 g/mol. The number of benzene rings is 2. The molecule has 0 saturated carbocycles. The lowest BCUT2D eigenvalue weighted by Crippen LogP contribution is -2.29. The third kappa shape index (κ3) is 3.35. The Hall–Kier alpha value is -3.40. The zero-order chi connectivity index (χ0) is 17.8. The van der Waals surface area contributed by atoms with E-state index in [1.807, 2.05) is 95.6 Å². The summed E-state index contributed by atoms with van der Waals surface area (Å²) in [5.74, 6) is -0.367. The molecule has 0 aliphatic rings. The van der Waals surface area contributed by atoms with E-state index >= 15 is 0 Å². The molecule has 2 aromatic carbocycles. The molecule has 128 valence electrons. The lowest BCUT2D eigenvalue weighted by Gasteiger charge is -2.17. The zero-order valence-electron chi connectivity index (χ0n) is 14.2. The number of fused-ring (bicyclic) bond motifs is 1. The first-order valence-electron chi connectivity index (χ1n) is 8.62. The van der Waals surface area contributed by atoms with Crippen molar-refractivity contribution >= 4 is 11.4 Å². The summed E-state index contributed by atoms with van der Waals surface area (Å²) < 4.78 is 1.81. The molecular weight excluding hydrogens is 322 g/mol. The van der Waals surface area contributed by atoms with Crippen LogP contribution in [0.4, 0.5) is 0 Å². The van der Waals surface area contributed by atoms with Gasteiger partial charge in [-0.15, -0.1) is 0 Å². The SMILES string of the molecule is O=C(NCc1cc2ccccn2n1)C(c1ccccc1)c1ccccc1. The molecular formula is C22H19N3O. The highest BCUT2D eigenvalue weighted by Crippen LogP contribution is 2.24. The molecule has 0 aliphatic carbocycles. The third-order valence-electron chi connectivity index (χ3n) is 4.39. The fourth-order valence-corrected chi connectivity index (χ4v) is 3.14. The third-order valence-corrected chi connectivity index (χ3v) is 4.39. The summed E-state index contributed by atoms with van der Waals surface area (Å²) in [6.45, 7) is 0.399. The molecule has 0 fully saturated rings. The first-order chi connectivity index (χ1) is 12.8. The van der Waals surface area contributed by atoms with Crippen LogP contribution in [0.1, 0.15) is 22.7 Å². The molecule has 0 aliphatic heterocycles. The Balaban J connectivity index is 1.56. The number of carbonyl (C=O) groups excluding carboxylic acids is 1. The molecule has 4 heteroatoms. The predicted molar refractivity (Wildman–Crippen MR) is 102 cm³/mol. The molecule has 1 N–H and O–H groups in total. The van der Waals surface area contributed by atoms with Gasteiger partial charge in [0.15, 0.2) is 0 Å². The number of aromatic nitrogens is 2. The van der Waals surface area contributed by atoms with E-state index in [9.17, 15) is 4.79 Å². The van der Waals surface area contributed by atoms with Crippen molar-refractivity contribution in [2.45, 2.75) is 12.5 Å². The molecule has 4 aromatic rings. The Labute approximate surface area is 152 Å². The summed E-state index contributed by atoms with van der Waals surface area (Å²) in [5, 5.41) is 7.53. The predicted octanol–water partition coefficient (Wildman–Crippen LogP) is 3.78. The van der Waals surface area contributed by atoms with Crippen molar-refractivity contribution in [1.29, 1.82) is 0 Å². The van der Waals surface area contributed by atoms with Gasteiger partial charge in [0, 0.05) is 6.20 Å². The van der Waals surface area contributed by atoms with Crippen LogP contribution in [0.25, 0.3) is 5.52 Å². The molecule has 0 saturated heterocycles. The second kappa shape index (κ2) is 7.23.